The zero-order chi connectivity index (χ0) is 14.7. The first-order valence-corrected chi connectivity index (χ1v) is 7.78. The fourth-order valence-corrected chi connectivity index (χ4v) is 2.45. The molecule has 0 atom stereocenters. The molecule has 0 unspecified atom stereocenters. The van der Waals surface area contributed by atoms with E-state index in [0.717, 1.165) is 5.01 Å². The van der Waals surface area contributed by atoms with Crippen LogP contribution in [-0.2, 0) is 4.79 Å². The lowest BCUT2D eigenvalue weighted by Crippen LogP contribution is -2.50. The number of rotatable bonds is 5. The largest absolute Gasteiger partial charge is 0.280 e. The summed E-state index contributed by atoms with van der Waals surface area (Å²) in [6, 6.07) is 6.64. The van der Waals surface area contributed by atoms with Crippen LogP contribution < -0.4 is 0 Å². The third-order valence-corrected chi connectivity index (χ3v) is 3.70. The number of fused-ring (bicyclic) bond motifs is 1. The number of amides is 3. The second-order valence-corrected chi connectivity index (χ2v) is 5.32. The minimum absolute atomic E-state index is 0.228. The highest BCUT2D eigenvalue weighted by Gasteiger charge is 2.40. The molecule has 1 aliphatic heterocycles. The molecule has 20 heavy (non-hydrogen) atoms. The van der Waals surface area contributed by atoms with Gasteiger partial charge in [0.2, 0.25) is 5.91 Å². The first-order chi connectivity index (χ1) is 9.61. The van der Waals surface area contributed by atoms with Crippen molar-refractivity contribution in [3.8, 4) is 0 Å². The van der Waals surface area contributed by atoms with E-state index in [9.17, 15) is 14.4 Å². The topological polar surface area (TPSA) is 57.7 Å². The lowest BCUT2D eigenvalue weighted by molar-refractivity contribution is -0.140. The Hall–Kier alpha value is -1.82. The molecule has 1 aliphatic rings. The number of thioether (sulfide) groups is 1. The molecule has 2 rings (SSSR count). The van der Waals surface area contributed by atoms with Crippen molar-refractivity contribution in [1.29, 1.82) is 0 Å². The van der Waals surface area contributed by atoms with Gasteiger partial charge in [-0.1, -0.05) is 19.1 Å². The Morgan fingerprint density at radius 3 is 2.20 bits per heavy atom. The molecule has 0 radical (unpaired) electrons. The number of hydrogen-bond donors (Lipinski definition) is 0. The maximum atomic E-state index is 12.3. The van der Waals surface area contributed by atoms with E-state index in [4.69, 9.17) is 0 Å². The highest BCUT2D eigenvalue weighted by molar-refractivity contribution is 7.98. The van der Waals surface area contributed by atoms with Crippen molar-refractivity contribution in [3.05, 3.63) is 35.4 Å². The Balaban J connectivity index is 2.34. The molecule has 0 saturated carbocycles. The van der Waals surface area contributed by atoms with E-state index in [1.807, 2.05) is 6.26 Å². The number of hydrazine groups is 1. The van der Waals surface area contributed by atoms with Crippen LogP contribution in [0.25, 0.3) is 0 Å². The van der Waals surface area contributed by atoms with Crippen LogP contribution in [0, 0.1) is 0 Å². The average molecular weight is 292 g/mol. The summed E-state index contributed by atoms with van der Waals surface area (Å²) in [6.07, 6.45) is 2.17. The molecule has 1 heterocycles. The van der Waals surface area contributed by atoms with E-state index < -0.39 is 11.8 Å². The monoisotopic (exact) mass is 292 g/mol. The molecule has 0 saturated heterocycles. The summed E-state index contributed by atoms with van der Waals surface area (Å²) < 4.78 is 0. The zero-order valence-electron chi connectivity index (χ0n) is 11.5. The van der Waals surface area contributed by atoms with Crippen molar-refractivity contribution in [2.45, 2.75) is 13.3 Å². The molecule has 0 fully saturated rings. The Kier molecular flexibility index (Phi) is 4.44. The number of carbonyl (C=O) groups is 3. The molecule has 6 heteroatoms. The van der Waals surface area contributed by atoms with Crippen LogP contribution in [0.2, 0.25) is 0 Å². The number of hydrogen-bond acceptors (Lipinski definition) is 4. The second kappa shape index (κ2) is 6.09. The van der Waals surface area contributed by atoms with Crippen molar-refractivity contribution in [2.75, 3.05) is 18.6 Å². The van der Waals surface area contributed by atoms with Gasteiger partial charge >= 0.3 is 0 Å². The molecule has 0 spiro atoms. The first kappa shape index (κ1) is 14.6. The van der Waals surface area contributed by atoms with Crippen LogP contribution in [0.5, 0.6) is 0 Å². The van der Waals surface area contributed by atoms with Gasteiger partial charge < -0.3 is 0 Å². The van der Waals surface area contributed by atoms with Gasteiger partial charge in [0.05, 0.1) is 17.7 Å². The van der Waals surface area contributed by atoms with Crippen LogP contribution >= 0.6 is 11.8 Å². The molecule has 1 aromatic carbocycles. The summed E-state index contributed by atoms with van der Waals surface area (Å²) in [5.41, 5.74) is 0.714. The molecule has 0 bridgehead atoms. The predicted molar refractivity (Wildman–Crippen MR) is 77.3 cm³/mol. The minimum Gasteiger partial charge on any atom is -0.273 e. The fourth-order valence-electron chi connectivity index (χ4n) is 2.09. The van der Waals surface area contributed by atoms with E-state index in [2.05, 4.69) is 0 Å². The van der Waals surface area contributed by atoms with E-state index in [1.54, 1.807) is 43.0 Å². The Bertz CT molecular complexity index is 524. The summed E-state index contributed by atoms with van der Waals surface area (Å²) in [5, 5.41) is 2.24. The van der Waals surface area contributed by atoms with Gasteiger partial charge in [0.1, 0.15) is 0 Å². The normalized spacial score (nSPS) is 13.6. The highest BCUT2D eigenvalue weighted by atomic mass is 32.2. The van der Waals surface area contributed by atoms with Gasteiger partial charge in [0, 0.05) is 12.2 Å². The summed E-state index contributed by atoms with van der Waals surface area (Å²) >= 11 is 1.56. The Labute approximate surface area is 121 Å². The summed E-state index contributed by atoms with van der Waals surface area (Å²) in [7, 11) is 0. The SMILES string of the molecule is CCC(=O)N(CCSC)N1C(=O)c2ccccc2C1=O. The van der Waals surface area contributed by atoms with E-state index in [0.29, 0.717) is 23.4 Å². The standard InChI is InChI=1S/C14H16N2O3S/c1-3-12(17)15(8-9-20-2)16-13(18)10-6-4-5-7-11(10)14(16)19/h4-7H,3,8-9H2,1-2H3. The number of nitrogens with zero attached hydrogens (tertiary/aromatic N) is 2. The van der Waals surface area contributed by atoms with Crippen molar-refractivity contribution in [3.63, 3.8) is 0 Å². The van der Waals surface area contributed by atoms with Crippen LogP contribution in [0.3, 0.4) is 0 Å². The molecule has 0 N–H and O–H groups in total. The molecule has 0 aliphatic carbocycles. The quantitative estimate of drug-likeness (QED) is 0.777. The van der Waals surface area contributed by atoms with Gasteiger partial charge in [-0.15, -0.1) is 0 Å². The van der Waals surface area contributed by atoms with Gasteiger partial charge in [-0.2, -0.15) is 16.8 Å². The van der Waals surface area contributed by atoms with Gasteiger partial charge in [0.25, 0.3) is 11.8 Å². The first-order valence-electron chi connectivity index (χ1n) is 6.38. The molecule has 3 amide bonds. The van der Waals surface area contributed by atoms with Crippen molar-refractivity contribution in [2.24, 2.45) is 0 Å². The molecular weight excluding hydrogens is 276 g/mol. The van der Waals surface area contributed by atoms with Crippen molar-refractivity contribution < 1.29 is 14.4 Å². The summed E-state index contributed by atoms with van der Waals surface area (Å²) in [5.74, 6) is -0.408. The Morgan fingerprint density at radius 2 is 1.75 bits per heavy atom. The maximum absolute atomic E-state index is 12.3. The number of imide groups is 1. The highest BCUT2D eigenvalue weighted by Crippen LogP contribution is 2.24. The van der Waals surface area contributed by atoms with Gasteiger partial charge in [-0.3, -0.25) is 14.4 Å². The van der Waals surface area contributed by atoms with E-state index in [1.165, 1.54) is 5.01 Å². The van der Waals surface area contributed by atoms with Gasteiger partial charge in [0.15, 0.2) is 0 Å². The zero-order valence-corrected chi connectivity index (χ0v) is 12.3. The van der Waals surface area contributed by atoms with Crippen LogP contribution in [0.15, 0.2) is 24.3 Å². The summed E-state index contributed by atoms with van der Waals surface area (Å²) in [4.78, 5) is 36.7. The lowest BCUT2D eigenvalue weighted by atomic mass is 10.1. The summed E-state index contributed by atoms with van der Waals surface area (Å²) in [6.45, 7) is 2.06. The molecule has 0 aromatic heterocycles. The van der Waals surface area contributed by atoms with Crippen molar-refractivity contribution in [1.82, 2.24) is 10.0 Å². The third kappa shape index (κ3) is 2.43. The van der Waals surface area contributed by atoms with Crippen molar-refractivity contribution >= 4 is 29.5 Å². The fraction of sp³-hybridized carbons (Fsp3) is 0.357. The lowest BCUT2D eigenvalue weighted by Gasteiger charge is -2.29. The molecule has 1 aromatic rings. The van der Waals surface area contributed by atoms with E-state index >= 15 is 0 Å². The maximum Gasteiger partial charge on any atom is 0.280 e. The predicted octanol–water partition coefficient (Wildman–Crippen LogP) is 1.80. The van der Waals surface area contributed by atoms with E-state index in [-0.39, 0.29) is 12.3 Å². The van der Waals surface area contributed by atoms with Crippen LogP contribution in [0.1, 0.15) is 34.1 Å². The molecular formula is C14H16N2O3S. The van der Waals surface area contributed by atoms with Gasteiger partial charge in [-0.05, 0) is 18.4 Å². The molecule has 106 valence electrons. The van der Waals surface area contributed by atoms with Crippen LogP contribution in [-0.4, -0.2) is 46.3 Å². The molecule has 5 nitrogen and oxygen atoms in total. The smallest absolute Gasteiger partial charge is 0.273 e. The second-order valence-electron chi connectivity index (χ2n) is 4.33. The number of carbonyl (C=O) groups excluding carboxylic acids is 3. The Morgan fingerprint density at radius 1 is 1.20 bits per heavy atom. The van der Waals surface area contributed by atoms with Crippen LogP contribution in [0.4, 0.5) is 0 Å². The average Bonchev–Trinajstić information content (AvgIpc) is 2.73. The van der Waals surface area contributed by atoms with Gasteiger partial charge in [-0.25, -0.2) is 5.01 Å². The third-order valence-electron chi connectivity index (χ3n) is 3.11. The number of benzene rings is 1. The minimum atomic E-state index is -0.423.